The van der Waals surface area contributed by atoms with E-state index in [1.807, 2.05) is 11.7 Å². The molecule has 2 rings (SSSR count). The Morgan fingerprint density at radius 1 is 1.43 bits per heavy atom. The molecule has 0 saturated carbocycles. The van der Waals surface area contributed by atoms with Gasteiger partial charge in [-0.15, -0.1) is 0 Å². The molecule has 1 unspecified atom stereocenters. The lowest BCUT2D eigenvalue weighted by Crippen LogP contribution is -2.55. The summed E-state index contributed by atoms with van der Waals surface area (Å²) < 4.78 is 7.55. The Kier molecular flexibility index (Phi) is 4.47. The van der Waals surface area contributed by atoms with Gasteiger partial charge in [-0.2, -0.15) is 5.10 Å². The summed E-state index contributed by atoms with van der Waals surface area (Å²) in [5.41, 5.74) is 8.56. The molecule has 1 aromatic heterocycles. The van der Waals surface area contributed by atoms with Gasteiger partial charge in [-0.3, -0.25) is 9.58 Å². The molecule has 0 radical (unpaired) electrons. The van der Waals surface area contributed by atoms with Crippen LogP contribution in [0.1, 0.15) is 51.9 Å². The number of rotatable bonds is 3. The predicted octanol–water partition coefficient (Wildman–Crippen LogP) is 1.83. The highest BCUT2D eigenvalue weighted by Crippen LogP contribution is 2.35. The molecule has 1 aromatic rings. The van der Waals surface area contributed by atoms with E-state index in [2.05, 4.69) is 45.7 Å². The second-order valence-electron chi connectivity index (χ2n) is 7.67. The van der Waals surface area contributed by atoms with Gasteiger partial charge in [0.2, 0.25) is 0 Å². The van der Waals surface area contributed by atoms with Crippen molar-refractivity contribution in [2.75, 3.05) is 26.3 Å². The van der Waals surface area contributed by atoms with E-state index in [0.717, 1.165) is 25.5 Å². The minimum atomic E-state index is -0.00666. The monoisotopic (exact) mass is 294 g/mol. The molecule has 21 heavy (non-hydrogen) atoms. The van der Waals surface area contributed by atoms with E-state index < -0.39 is 0 Å². The number of morpholine rings is 1. The minimum Gasteiger partial charge on any atom is -0.378 e. The summed E-state index contributed by atoms with van der Waals surface area (Å²) in [4.78, 5) is 2.47. The van der Waals surface area contributed by atoms with Crippen molar-refractivity contribution in [3.05, 3.63) is 17.5 Å². The Hall–Kier alpha value is -0.910. The predicted molar refractivity (Wildman–Crippen MR) is 85.3 cm³/mol. The molecule has 2 heterocycles. The van der Waals surface area contributed by atoms with E-state index in [1.54, 1.807) is 0 Å². The number of hydrogen-bond acceptors (Lipinski definition) is 4. The van der Waals surface area contributed by atoms with E-state index in [4.69, 9.17) is 15.6 Å². The Morgan fingerprint density at radius 2 is 2.10 bits per heavy atom. The molecule has 1 saturated heterocycles. The summed E-state index contributed by atoms with van der Waals surface area (Å²) in [6, 6.07) is 0.187. The first kappa shape index (κ1) is 16.5. The largest absolute Gasteiger partial charge is 0.378 e. The number of nitrogens with zero attached hydrogens (tertiary/aromatic N) is 3. The van der Waals surface area contributed by atoms with Gasteiger partial charge in [0.05, 0.1) is 24.9 Å². The first-order chi connectivity index (χ1) is 9.66. The maximum absolute atomic E-state index is 6.16. The van der Waals surface area contributed by atoms with Crippen LogP contribution in [0.4, 0.5) is 0 Å². The number of nitrogens with two attached hydrogens (primary N) is 1. The van der Waals surface area contributed by atoms with Crippen LogP contribution in [0.2, 0.25) is 0 Å². The molecular weight excluding hydrogens is 264 g/mol. The van der Waals surface area contributed by atoms with E-state index in [1.165, 1.54) is 5.56 Å². The van der Waals surface area contributed by atoms with Gasteiger partial charge in [-0.05, 0) is 13.8 Å². The third-order valence-corrected chi connectivity index (χ3v) is 4.24. The molecule has 1 aliphatic heterocycles. The van der Waals surface area contributed by atoms with Crippen molar-refractivity contribution in [3.8, 4) is 0 Å². The highest BCUT2D eigenvalue weighted by Gasteiger charge is 2.38. The molecule has 0 amide bonds. The fourth-order valence-electron chi connectivity index (χ4n) is 3.20. The smallest absolute Gasteiger partial charge is 0.0726 e. The van der Waals surface area contributed by atoms with E-state index in [9.17, 15) is 0 Å². The van der Waals surface area contributed by atoms with Crippen LogP contribution in [0.15, 0.2) is 6.20 Å². The SMILES string of the molecule is Cn1cc(C(CN)N2CCOCC2(C)C)c(C(C)(C)C)n1. The third-order valence-electron chi connectivity index (χ3n) is 4.24. The van der Waals surface area contributed by atoms with Crippen molar-refractivity contribution in [1.29, 1.82) is 0 Å². The zero-order valence-corrected chi connectivity index (χ0v) is 14.3. The molecule has 5 nitrogen and oxygen atoms in total. The standard InChI is InChI=1S/C16H30N4O/c1-15(2,3)14-12(10-19(6)18-14)13(9-17)20-7-8-21-11-16(20,4)5/h10,13H,7-9,11,17H2,1-6H3. The van der Waals surface area contributed by atoms with Gasteiger partial charge < -0.3 is 10.5 Å². The summed E-state index contributed by atoms with van der Waals surface area (Å²) >= 11 is 0. The molecule has 0 aliphatic carbocycles. The molecule has 2 N–H and O–H groups in total. The Bertz CT molecular complexity index is 487. The van der Waals surface area contributed by atoms with Gasteiger partial charge in [0, 0.05) is 42.9 Å². The number of aryl methyl sites for hydroxylation is 1. The maximum Gasteiger partial charge on any atom is 0.0726 e. The summed E-state index contributed by atoms with van der Waals surface area (Å²) in [5.74, 6) is 0. The van der Waals surface area contributed by atoms with Crippen LogP contribution in [0.5, 0.6) is 0 Å². The van der Waals surface area contributed by atoms with Gasteiger partial charge in [0.1, 0.15) is 0 Å². The van der Waals surface area contributed by atoms with Gasteiger partial charge in [0.25, 0.3) is 0 Å². The molecule has 1 atom stereocenters. The first-order valence-corrected chi connectivity index (χ1v) is 7.75. The lowest BCUT2D eigenvalue weighted by atomic mass is 9.86. The van der Waals surface area contributed by atoms with Crippen molar-refractivity contribution in [2.45, 2.75) is 51.6 Å². The van der Waals surface area contributed by atoms with E-state index >= 15 is 0 Å². The minimum absolute atomic E-state index is 0.00666. The number of ether oxygens (including phenoxy) is 1. The van der Waals surface area contributed by atoms with E-state index in [-0.39, 0.29) is 17.0 Å². The molecule has 0 bridgehead atoms. The van der Waals surface area contributed by atoms with Crippen molar-refractivity contribution >= 4 is 0 Å². The van der Waals surface area contributed by atoms with Crippen LogP contribution in [-0.2, 0) is 17.2 Å². The van der Waals surface area contributed by atoms with Gasteiger partial charge >= 0.3 is 0 Å². The lowest BCUT2D eigenvalue weighted by molar-refractivity contribution is -0.0715. The maximum atomic E-state index is 6.16. The quantitative estimate of drug-likeness (QED) is 0.924. The molecule has 5 heteroatoms. The fourth-order valence-corrected chi connectivity index (χ4v) is 3.20. The topological polar surface area (TPSA) is 56.3 Å². The lowest BCUT2D eigenvalue weighted by Gasteiger charge is -2.46. The normalized spacial score (nSPS) is 21.5. The number of hydrogen-bond donors (Lipinski definition) is 1. The van der Waals surface area contributed by atoms with Crippen molar-refractivity contribution in [2.24, 2.45) is 12.8 Å². The first-order valence-electron chi connectivity index (χ1n) is 7.75. The average molecular weight is 294 g/mol. The summed E-state index contributed by atoms with van der Waals surface area (Å²) in [5, 5.41) is 4.70. The van der Waals surface area contributed by atoms with Crippen LogP contribution in [0.25, 0.3) is 0 Å². The van der Waals surface area contributed by atoms with Crippen LogP contribution in [0, 0.1) is 0 Å². The van der Waals surface area contributed by atoms with Gasteiger partial charge in [0.15, 0.2) is 0 Å². The molecule has 1 fully saturated rings. The molecule has 120 valence electrons. The number of aromatic nitrogens is 2. The van der Waals surface area contributed by atoms with Crippen molar-refractivity contribution in [3.63, 3.8) is 0 Å². The molecular formula is C16H30N4O. The van der Waals surface area contributed by atoms with Crippen LogP contribution in [-0.4, -0.2) is 46.5 Å². The van der Waals surface area contributed by atoms with Crippen molar-refractivity contribution in [1.82, 2.24) is 14.7 Å². The van der Waals surface area contributed by atoms with Gasteiger partial charge in [-0.25, -0.2) is 0 Å². The highest BCUT2D eigenvalue weighted by atomic mass is 16.5. The fraction of sp³-hybridized carbons (Fsp3) is 0.812. The van der Waals surface area contributed by atoms with Crippen LogP contribution in [0.3, 0.4) is 0 Å². The van der Waals surface area contributed by atoms with Crippen LogP contribution < -0.4 is 5.73 Å². The summed E-state index contributed by atoms with van der Waals surface area (Å²) in [6.07, 6.45) is 2.13. The zero-order chi connectivity index (χ0) is 15.8. The second-order valence-corrected chi connectivity index (χ2v) is 7.67. The Balaban J connectivity index is 2.42. The van der Waals surface area contributed by atoms with Crippen LogP contribution >= 0.6 is 0 Å². The highest BCUT2D eigenvalue weighted by molar-refractivity contribution is 5.28. The Morgan fingerprint density at radius 3 is 2.62 bits per heavy atom. The third kappa shape index (κ3) is 3.30. The van der Waals surface area contributed by atoms with Crippen molar-refractivity contribution < 1.29 is 4.74 Å². The molecule has 1 aliphatic rings. The van der Waals surface area contributed by atoms with E-state index in [0.29, 0.717) is 6.54 Å². The molecule has 0 aromatic carbocycles. The average Bonchev–Trinajstić information content (AvgIpc) is 2.74. The Labute approximate surface area is 128 Å². The van der Waals surface area contributed by atoms with Gasteiger partial charge in [-0.1, -0.05) is 20.8 Å². The molecule has 0 spiro atoms. The second kappa shape index (κ2) is 5.71. The summed E-state index contributed by atoms with van der Waals surface area (Å²) in [7, 11) is 1.98. The summed E-state index contributed by atoms with van der Waals surface area (Å²) in [6.45, 7) is 14.1. The zero-order valence-electron chi connectivity index (χ0n) is 14.3.